The molecule has 2 unspecified atom stereocenters. The van der Waals surface area contributed by atoms with Crippen molar-refractivity contribution in [2.24, 2.45) is 5.92 Å². The van der Waals surface area contributed by atoms with Crippen LogP contribution in [0.1, 0.15) is 31.2 Å². The van der Waals surface area contributed by atoms with Crippen molar-refractivity contribution in [2.75, 3.05) is 7.11 Å². The third kappa shape index (κ3) is 2.71. The van der Waals surface area contributed by atoms with Gasteiger partial charge in [-0.15, -0.1) is 0 Å². The van der Waals surface area contributed by atoms with E-state index in [0.29, 0.717) is 17.4 Å². The van der Waals surface area contributed by atoms with Crippen molar-refractivity contribution >= 4 is 11.6 Å². The Morgan fingerprint density at radius 3 is 2.72 bits per heavy atom. The van der Waals surface area contributed by atoms with Gasteiger partial charge >= 0.3 is 0 Å². The Kier molecular flexibility index (Phi) is 4.30. The van der Waals surface area contributed by atoms with E-state index in [1.807, 2.05) is 18.5 Å². The molecule has 5 heteroatoms. The van der Waals surface area contributed by atoms with Crippen LogP contribution in [0.4, 0.5) is 0 Å². The summed E-state index contributed by atoms with van der Waals surface area (Å²) in [6.07, 6.45) is 2.20. The summed E-state index contributed by atoms with van der Waals surface area (Å²) in [5.74, 6) is 0.503. The lowest BCUT2D eigenvalue weighted by Gasteiger charge is -2.21. The van der Waals surface area contributed by atoms with Crippen molar-refractivity contribution in [1.29, 1.82) is 0 Å². The molecule has 1 N–H and O–H groups in total. The zero-order valence-electron chi connectivity index (χ0n) is 11.2. The second kappa shape index (κ2) is 5.59. The van der Waals surface area contributed by atoms with Gasteiger partial charge in [0, 0.05) is 20.1 Å². The molecular weight excluding hydrogens is 252 g/mol. The van der Waals surface area contributed by atoms with Crippen LogP contribution in [0.25, 0.3) is 0 Å². The normalized spacial score (nSPS) is 18.9. The number of aliphatic hydroxyl groups is 1. The summed E-state index contributed by atoms with van der Waals surface area (Å²) in [6, 6.07) is 0. The van der Waals surface area contributed by atoms with Gasteiger partial charge in [-0.25, -0.2) is 0 Å². The fourth-order valence-electron chi connectivity index (χ4n) is 2.47. The number of ether oxygens (including phenoxy) is 1. The first-order chi connectivity index (χ1) is 8.58. The van der Waals surface area contributed by atoms with E-state index in [4.69, 9.17) is 16.3 Å². The van der Waals surface area contributed by atoms with Crippen LogP contribution in [0, 0.1) is 12.8 Å². The van der Waals surface area contributed by atoms with E-state index in [1.165, 1.54) is 0 Å². The van der Waals surface area contributed by atoms with Gasteiger partial charge in [-0.2, -0.15) is 5.10 Å². The van der Waals surface area contributed by atoms with E-state index in [-0.39, 0.29) is 6.10 Å². The Hall–Kier alpha value is -0.580. The van der Waals surface area contributed by atoms with Crippen LogP contribution < -0.4 is 0 Å². The van der Waals surface area contributed by atoms with Crippen molar-refractivity contribution in [1.82, 2.24) is 9.78 Å². The number of aliphatic hydroxyl groups excluding tert-OH is 1. The summed E-state index contributed by atoms with van der Waals surface area (Å²) in [5, 5.41) is 15.3. The Morgan fingerprint density at radius 1 is 1.56 bits per heavy atom. The molecule has 0 radical (unpaired) electrons. The Morgan fingerprint density at radius 2 is 2.22 bits per heavy atom. The summed E-state index contributed by atoms with van der Waals surface area (Å²) in [4.78, 5) is 0. The minimum Gasteiger partial charge on any atom is -0.390 e. The number of halogens is 1. The molecule has 0 aromatic carbocycles. The van der Waals surface area contributed by atoms with E-state index in [0.717, 1.165) is 30.8 Å². The Labute approximate surface area is 113 Å². The first kappa shape index (κ1) is 13.8. The van der Waals surface area contributed by atoms with Gasteiger partial charge in [0.1, 0.15) is 0 Å². The molecule has 2 atom stereocenters. The molecule has 1 aromatic heterocycles. The van der Waals surface area contributed by atoms with E-state index < -0.39 is 6.10 Å². The second-order valence-electron chi connectivity index (χ2n) is 4.97. The molecule has 1 aliphatic rings. The topological polar surface area (TPSA) is 47.3 Å². The van der Waals surface area contributed by atoms with Crippen molar-refractivity contribution in [3.8, 4) is 0 Å². The number of aromatic nitrogens is 2. The van der Waals surface area contributed by atoms with Crippen molar-refractivity contribution in [3.05, 3.63) is 16.4 Å². The maximum absolute atomic E-state index is 10.3. The average molecular weight is 273 g/mol. The molecule has 4 nitrogen and oxygen atoms in total. The van der Waals surface area contributed by atoms with Gasteiger partial charge in [0.25, 0.3) is 0 Å². The predicted octanol–water partition coefficient (Wildman–Crippen LogP) is 2.19. The second-order valence-corrected chi connectivity index (χ2v) is 5.35. The SMILES string of the molecule is CCn1nc(C)c(Cl)c1CC(O)C(OC)C1CC1. The standard InChI is InChI=1S/C13H21ClN2O2/c1-4-16-10(12(14)8(2)15-16)7-11(17)13(18-3)9-5-6-9/h9,11,13,17H,4-7H2,1-3H3. The molecule has 0 amide bonds. The molecule has 1 fully saturated rings. The van der Waals surface area contributed by atoms with Gasteiger partial charge in [0.05, 0.1) is 28.6 Å². The Balaban J connectivity index is 2.12. The van der Waals surface area contributed by atoms with E-state index >= 15 is 0 Å². The lowest BCUT2D eigenvalue weighted by atomic mass is 10.0. The molecule has 1 aliphatic carbocycles. The zero-order valence-corrected chi connectivity index (χ0v) is 11.9. The molecule has 102 valence electrons. The van der Waals surface area contributed by atoms with Crippen molar-refractivity contribution in [2.45, 2.75) is 51.9 Å². The zero-order chi connectivity index (χ0) is 13.3. The average Bonchev–Trinajstić information content (AvgIpc) is 3.13. The molecule has 1 heterocycles. The van der Waals surface area contributed by atoms with Gasteiger partial charge in [0.2, 0.25) is 0 Å². The molecule has 2 rings (SSSR count). The predicted molar refractivity (Wildman–Crippen MR) is 70.9 cm³/mol. The lowest BCUT2D eigenvalue weighted by molar-refractivity contribution is -0.0245. The minimum absolute atomic E-state index is 0.0819. The smallest absolute Gasteiger partial charge is 0.0862 e. The van der Waals surface area contributed by atoms with Crippen LogP contribution in [-0.4, -0.2) is 34.2 Å². The van der Waals surface area contributed by atoms with E-state index in [1.54, 1.807) is 7.11 Å². The third-order valence-corrected chi connectivity index (χ3v) is 4.08. The summed E-state index contributed by atoms with van der Waals surface area (Å²) in [7, 11) is 1.66. The highest BCUT2D eigenvalue weighted by atomic mass is 35.5. The fourth-order valence-corrected chi connectivity index (χ4v) is 2.68. The van der Waals surface area contributed by atoms with Gasteiger partial charge < -0.3 is 9.84 Å². The number of methoxy groups -OCH3 is 1. The summed E-state index contributed by atoms with van der Waals surface area (Å²) in [5.41, 5.74) is 1.73. The Bertz CT molecular complexity index is 415. The number of aryl methyl sites for hydroxylation is 2. The maximum atomic E-state index is 10.3. The minimum atomic E-state index is -0.513. The molecule has 1 saturated carbocycles. The van der Waals surface area contributed by atoms with Crippen molar-refractivity contribution < 1.29 is 9.84 Å². The quantitative estimate of drug-likeness (QED) is 0.864. The monoisotopic (exact) mass is 272 g/mol. The van der Waals surface area contributed by atoms with Crippen LogP contribution in [-0.2, 0) is 17.7 Å². The lowest BCUT2D eigenvalue weighted by Crippen LogP contribution is -2.32. The molecule has 0 bridgehead atoms. The van der Waals surface area contributed by atoms with Gasteiger partial charge in [0.15, 0.2) is 0 Å². The molecule has 18 heavy (non-hydrogen) atoms. The highest BCUT2D eigenvalue weighted by molar-refractivity contribution is 6.31. The van der Waals surface area contributed by atoms with Gasteiger partial charge in [-0.1, -0.05) is 11.6 Å². The molecule has 0 aliphatic heterocycles. The highest BCUT2D eigenvalue weighted by Gasteiger charge is 2.36. The number of hydrogen-bond acceptors (Lipinski definition) is 3. The molecular formula is C13H21ClN2O2. The molecule has 0 spiro atoms. The number of nitrogens with zero attached hydrogens (tertiary/aromatic N) is 2. The third-order valence-electron chi connectivity index (χ3n) is 3.59. The first-order valence-corrected chi connectivity index (χ1v) is 6.88. The maximum Gasteiger partial charge on any atom is 0.0862 e. The van der Waals surface area contributed by atoms with Gasteiger partial charge in [-0.05, 0) is 32.6 Å². The van der Waals surface area contributed by atoms with Crippen LogP contribution in [0.15, 0.2) is 0 Å². The highest BCUT2D eigenvalue weighted by Crippen LogP contribution is 2.36. The summed E-state index contributed by atoms with van der Waals surface area (Å²) >= 11 is 6.24. The summed E-state index contributed by atoms with van der Waals surface area (Å²) in [6.45, 7) is 4.67. The van der Waals surface area contributed by atoms with Crippen LogP contribution in [0.3, 0.4) is 0 Å². The number of hydrogen-bond donors (Lipinski definition) is 1. The molecule has 0 saturated heterocycles. The first-order valence-electron chi connectivity index (χ1n) is 6.51. The van der Waals surface area contributed by atoms with Gasteiger partial charge in [-0.3, -0.25) is 4.68 Å². The number of rotatable bonds is 6. The van der Waals surface area contributed by atoms with E-state index in [2.05, 4.69) is 5.10 Å². The van der Waals surface area contributed by atoms with Crippen LogP contribution in [0.5, 0.6) is 0 Å². The summed E-state index contributed by atoms with van der Waals surface area (Å²) < 4.78 is 7.27. The molecule has 1 aromatic rings. The largest absolute Gasteiger partial charge is 0.390 e. The van der Waals surface area contributed by atoms with E-state index in [9.17, 15) is 5.11 Å². The van der Waals surface area contributed by atoms with Crippen LogP contribution in [0.2, 0.25) is 5.02 Å². The van der Waals surface area contributed by atoms with Crippen LogP contribution >= 0.6 is 11.6 Å². The fraction of sp³-hybridized carbons (Fsp3) is 0.769. The van der Waals surface area contributed by atoms with Crippen molar-refractivity contribution in [3.63, 3.8) is 0 Å².